The number of rotatable bonds is 9. The Labute approximate surface area is 227 Å². The third kappa shape index (κ3) is 5.65. The zero-order valence-corrected chi connectivity index (χ0v) is 22.8. The van der Waals surface area contributed by atoms with E-state index in [1.54, 1.807) is 25.9 Å². The minimum absolute atomic E-state index is 0.0668. The molecule has 10 heteroatoms. The zero-order valence-electron chi connectivity index (χ0n) is 22.0. The van der Waals surface area contributed by atoms with Gasteiger partial charge in [0.15, 0.2) is 5.17 Å². The Morgan fingerprint density at radius 2 is 2.03 bits per heavy atom. The molecule has 0 saturated carbocycles. The molecule has 3 heterocycles. The van der Waals surface area contributed by atoms with Crippen LogP contribution in [0.15, 0.2) is 64.3 Å². The summed E-state index contributed by atoms with van der Waals surface area (Å²) < 4.78 is 16.3. The largest absolute Gasteiger partial charge is 0.496 e. The van der Waals surface area contributed by atoms with Gasteiger partial charge >= 0.3 is 11.9 Å². The molecule has 3 aliphatic rings. The van der Waals surface area contributed by atoms with E-state index < -0.39 is 12.0 Å². The summed E-state index contributed by atoms with van der Waals surface area (Å²) in [5, 5.41) is 2.57. The van der Waals surface area contributed by atoms with Crippen molar-refractivity contribution >= 4 is 34.8 Å². The van der Waals surface area contributed by atoms with Gasteiger partial charge in [0.25, 0.3) is 0 Å². The van der Waals surface area contributed by atoms with Crippen LogP contribution < -0.4 is 4.74 Å². The molecule has 2 atom stereocenters. The molecule has 1 fully saturated rings. The second-order valence-electron chi connectivity index (χ2n) is 9.13. The topological polar surface area (TPSA) is 97.7 Å². The quantitative estimate of drug-likeness (QED) is 0.340. The molecule has 0 N–H and O–H groups in total. The van der Waals surface area contributed by atoms with E-state index in [0.29, 0.717) is 48.3 Å². The number of hydrogen-bond donors (Lipinski definition) is 0. The number of thioether (sulfide) groups is 1. The highest BCUT2D eigenvalue weighted by molar-refractivity contribution is 8.16. The lowest BCUT2D eigenvalue weighted by atomic mass is 9.93. The lowest BCUT2D eigenvalue weighted by molar-refractivity contribution is -0.151. The van der Waals surface area contributed by atoms with E-state index in [1.165, 1.54) is 17.8 Å². The number of esters is 2. The van der Waals surface area contributed by atoms with Crippen LogP contribution in [0.2, 0.25) is 0 Å². The third-order valence-electron chi connectivity index (χ3n) is 6.71. The van der Waals surface area contributed by atoms with E-state index >= 15 is 0 Å². The number of aliphatic imine (C=N–C) groups is 1. The summed E-state index contributed by atoms with van der Waals surface area (Å²) in [6.45, 7) is 8.51. The number of carbonyl (C=O) groups is 3. The first kappa shape index (κ1) is 27.5. The van der Waals surface area contributed by atoms with Crippen molar-refractivity contribution in [2.75, 3.05) is 33.4 Å². The van der Waals surface area contributed by atoms with Crippen molar-refractivity contribution in [3.63, 3.8) is 0 Å². The first-order chi connectivity index (χ1) is 18.4. The second-order valence-corrected chi connectivity index (χ2v) is 9.97. The summed E-state index contributed by atoms with van der Waals surface area (Å²) in [7, 11) is 1.58. The number of amides is 1. The minimum Gasteiger partial charge on any atom is -0.496 e. The number of amidine groups is 1. The summed E-state index contributed by atoms with van der Waals surface area (Å²) in [4.78, 5) is 47.4. The van der Waals surface area contributed by atoms with Crippen molar-refractivity contribution in [2.45, 2.75) is 39.2 Å². The van der Waals surface area contributed by atoms with Crippen LogP contribution in [0.5, 0.6) is 5.75 Å². The van der Waals surface area contributed by atoms with Gasteiger partial charge in [-0.05, 0) is 38.2 Å². The Bertz CT molecular complexity index is 1210. The number of methoxy groups -OCH3 is 1. The molecule has 2 unspecified atom stereocenters. The summed E-state index contributed by atoms with van der Waals surface area (Å²) in [5.41, 5.74) is 2.40. The van der Waals surface area contributed by atoms with Gasteiger partial charge in [0, 0.05) is 24.4 Å². The van der Waals surface area contributed by atoms with E-state index in [1.807, 2.05) is 34.6 Å². The fourth-order valence-corrected chi connectivity index (χ4v) is 5.92. The number of carbonyl (C=O) groups excluding carboxylic acids is 3. The lowest BCUT2D eigenvalue weighted by Gasteiger charge is -2.37. The number of para-hydroxylation sites is 1. The maximum Gasteiger partial charge on any atom is 0.338 e. The van der Waals surface area contributed by atoms with Crippen LogP contribution in [-0.2, 0) is 23.9 Å². The molecule has 4 rings (SSSR count). The normalized spacial score (nSPS) is 20.8. The molecule has 0 spiro atoms. The third-order valence-corrected chi connectivity index (χ3v) is 7.60. The van der Waals surface area contributed by atoms with Crippen molar-refractivity contribution in [3.8, 4) is 5.75 Å². The Kier molecular flexibility index (Phi) is 8.93. The number of allylic oxidation sites excluding steroid dienone is 1. The highest BCUT2D eigenvalue weighted by Crippen LogP contribution is 2.47. The van der Waals surface area contributed by atoms with Crippen LogP contribution in [0.25, 0.3) is 0 Å². The van der Waals surface area contributed by atoms with Gasteiger partial charge in [0.05, 0.1) is 43.4 Å². The molecule has 3 aliphatic heterocycles. The van der Waals surface area contributed by atoms with Gasteiger partial charge in [-0.15, -0.1) is 0 Å². The second kappa shape index (κ2) is 12.3. The standard InChI is InChI=1S/C28H33N3O6S/c1-5-14-37-27(34)24-18(3)29-28-31(25(24)21-11-7-8-12-22(21)35-4)20(17-38-28)15-23(32)30-13-9-10-19(16-30)26(33)36-6-2/h5,7-8,11-12,17,19,25H,1,6,9-10,13-16H2,2-4H3. The summed E-state index contributed by atoms with van der Waals surface area (Å²) in [5.74, 6) is -0.558. The van der Waals surface area contributed by atoms with E-state index in [0.717, 1.165) is 17.7 Å². The SMILES string of the molecule is C=CCOC(=O)C1=C(C)N=C2SC=C(CC(=O)N3CCCC(C(=O)OCC)C3)N2C1c1ccccc1OC. The van der Waals surface area contributed by atoms with Crippen molar-refractivity contribution in [3.05, 3.63) is 64.9 Å². The van der Waals surface area contributed by atoms with Crippen LogP contribution in [0, 0.1) is 5.92 Å². The molecule has 0 radical (unpaired) electrons. The zero-order chi connectivity index (χ0) is 27.2. The molecule has 1 aromatic rings. The minimum atomic E-state index is -0.598. The Hall–Kier alpha value is -3.53. The molecule has 0 bridgehead atoms. The van der Waals surface area contributed by atoms with Gasteiger partial charge in [-0.1, -0.05) is 42.6 Å². The van der Waals surface area contributed by atoms with Gasteiger partial charge in [-0.2, -0.15) is 0 Å². The predicted molar refractivity (Wildman–Crippen MR) is 145 cm³/mol. The number of piperidine rings is 1. The molecule has 1 aromatic carbocycles. The van der Waals surface area contributed by atoms with E-state index in [-0.39, 0.29) is 30.8 Å². The lowest BCUT2D eigenvalue weighted by Crippen LogP contribution is -2.44. The summed E-state index contributed by atoms with van der Waals surface area (Å²) in [6, 6.07) is 6.88. The van der Waals surface area contributed by atoms with E-state index in [2.05, 4.69) is 6.58 Å². The van der Waals surface area contributed by atoms with E-state index in [4.69, 9.17) is 19.2 Å². The van der Waals surface area contributed by atoms with Crippen molar-refractivity contribution in [1.29, 1.82) is 0 Å². The summed E-state index contributed by atoms with van der Waals surface area (Å²) >= 11 is 1.41. The highest BCUT2D eigenvalue weighted by Gasteiger charge is 2.42. The van der Waals surface area contributed by atoms with Crippen LogP contribution in [-0.4, -0.2) is 66.2 Å². The van der Waals surface area contributed by atoms with Crippen molar-refractivity contribution in [2.24, 2.45) is 10.9 Å². The van der Waals surface area contributed by atoms with Gasteiger partial charge in [-0.25, -0.2) is 9.79 Å². The smallest absolute Gasteiger partial charge is 0.338 e. The fraction of sp³-hybridized carbons (Fsp3) is 0.429. The molecular weight excluding hydrogens is 506 g/mol. The fourth-order valence-electron chi connectivity index (χ4n) is 4.95. The molecular formula is C28H33N3O6S. The highest BCUT2D eigenvalue weighted by atomic mass is 32.2. The molecule has 1 amide bonds. The average molecular weight is 540 g/mol. The molecule has 1 saturated heterocycles. The van der Waals surface area contributed by atoms with Crippen LogP contribution >= 0.6 is 11.8 Å². The Balaban J connectivity index is 1.64. The molecule has 202 valence electrons. The monoisotopic (exact) mass is 539 g/mol. The number of hydrogen-bond acceptors (Lipinski definition) is 9. The Morgan fingerprint density at radius 3 is 2.76 bits per heavy atom. The van der Waals surface area contributed by atoms with E-state index in [9.17, 15) is 14.4 Å². The van der Waals surface area contributed by atoms with Gasteiger partial charge in [-0.3, -0.25) is 9.59 Å². The van der Waals surface area contributed by atoms with Gasteiger partial charge in [0.1, 0.15) is 12.4 Å². The number of likely N-dealkylation sites (tertiary alicyclic amines) is 1. The number of benzene rings is 1. The molecule has 0 aromatic heterocycles. The number of nitrogens with zero attached hydrogens (tertiary/aromatic N) is 3. The van der Waals surface area contributed by atoms with Crippen molar-refractivity contribution < 1.29 is 28.6 Å². The van der Waals surface area contributed by atoms with Gasteiger partial charge < -0.3 is 24.0 Å². The molecule has 9 nitrogen and oxygen atoms in total. The Morgan fingerprint density at radius 1 is 1.24 bits per heavy atom. The first-order valence-electron chi connectivity index (χ1n) is 12.7. The maximum absolute atomic E-state index is 13.5. The number of ether oxygens (including phenoxy) is 3. The van der Waals surface area contributed by atoms with Crippen LogP contribution in [0.3, 0.4) is 0 Å². The van der Waals surface area contributed by atoms with Gasteiger partial charge in [0.2, 0.25) is 5.91 Å². The summed E-state index contributed by atoms with van der Waals surface area (Å²) in [6.07, 6.45) is 3.06. The molecule has 38 heavy (non-hydrogen) atoms. The number of fused-ring (bicyclic) bond motifs is 1. The predicted octanol–water partition coefficient (Wildman–Crippen LogP) is 4.19. The molecule has 0 aliphatic carbocycles. The van der Waals surface area contributed by atoms with Crippen LogP contribution in [0.4, 0.5) is 0 Å². The first-order valence-corrected chi connectivity index (χ1v) is 13.6. The van der Waals surface area contributed by atoms with Crippen LogP contribution in [0.1, 0.15) is 44.7 Å². The maximum atomic E-state index is 13.5. The average Bonchev–Trinajstić information content (AvgIpc) is 3.32. The van der Waals surface area contributed by atoms with Crippen molar-refractivity contribution in [1.82, 2.24) is 9.80 Å².